The third-order valence-corrected chi connectivity index (χ3v) is 5.56. The third kappa shape index (κ3) is 3.94. The number of amides is 4. The van der Waals surface area contributed by atoms with Gasteiger partial charge in [0.2, 0.25) is 0 Å². The number of carbonyl (C=O) groups excluding carboxylic acids is 3. The fourth-order valence-corrected chi connectivity index (χ4v) is 3.86. The van der Waals surface area contributed by atoms with Crippen LogP contribution < -0.4 is 10.6 Å². The molecule has 4 rings (SSSR count). The van der Waals surface area contributed by atoms with Crippen molar-refractivity contribution in [3.63, 3.8) is 0 Å². The Labute approximate surface area is 169 Å². The van der Waals surface area contributed by atoms with Crippen LogP contribution in [0.25, 0.3) is 0 Å². The molecule has 2 aliphatic rings. The van der Waals surface area contributed by atoms with Crippen LogP contribution in [-0.2, 0) is 29.2 Å². The van der Waals surface area contributed by atoms with Crippen LogP contribution in [0, 0.1) is 0 Å². The van der Waals surface area contributed by atoms with Gasteiger partial charge in [-0.05, 0) is 29.2 Å². The second kappa shape index (κ2) is 7.95. The van der Waals surface area contributed by atoms with E-state index in [1.807, 2.05) is 55.5 Å². The van der Waals surface area contributed by atoms with Crippen LogP contribution in [0.1, 0.15) is 35.2 Å². The molecule has 4 amide bonds. The summed E-state index contributed by atoms with van der Waals surface area (Å²) in [7, 11) is 0. The van der Waals surface area contributed by atoms with E-state index in [2.05, 4.69) is 10.6 Å². The maximum atomic E-state index is 12.6. The minimum absolute atomic E-state index is 0.0434. The van der Waals surface area contributed by atoms with Gasteiger partial charge in [-0.15, -0.1) is 0 Å². The van der Waals surface area contributed by atoms with Crippen molar-refractivity contribution in [3.8, 4) is 0 Å². The number of carbonyl (C=O) groups is 3. The topological polar surface area (TPSA) is 81.8 Å². The first kappa shape index (κ1) is 19.0. The molecule has 2 aliphatic heterocycles. The Morgan fingerprint density at radius 1 is 1.10 bits per heavy atom. The van der Waals surface area contributed by atoms with E-state index in [0.717, 1.165) is 22.3 Å². The summed E-state index contributed by atoms with van der Waals surface area (Å²) in [6.45, 7) is 4.63. The maximum Gasteiger partial charge on any atom is 0.317 e. The molecule has 2 aromatic rings. The standard InChI is InChI=1S/C22H24N4O3/c1-15-19-5-3-2-4-18(19)14-26(15)21(28)20(27)24-12-16-6-8-17(9-7-16)13-25-11-10-23-22(25)29/h2-9,15H,10-14H2,1H3,(H,23,29)(H,24,27)/t15-/m1/s1. The van der Waals surface area contributed by atoms with E-state index < -0.39 is 11.8 Å². The van der Waals surface area contributed by atoms with Crippen LogP contribution in [0.4, 0.5) is 4.79 Å². The van der Waals surface area contributed by atoms with Crippen molar-refractivity contribution in [2.75, 3.05) is 13.1 Å². The highest BCUT2D eigenvalue weighted by molar-refractivity contribution is 6.35. The Balaban J connectivity index is 1.30. The van der Waals surface area contributed by atoms with Gasteiger partial charge in [-0.3, -0.25) is 9.59 Å². The van der Waals surface area contributed by atoms with Crippen molar-refractivity contribution in [3.05, 3.63) is 70.8 Å². The molecule has 1 atom stereocenters. The number of nitrogens with one attached hydrogen (secondary N) is 2. The van der Waals surface area contributed by atoms with Gasteiger partial charge in [-0.1, -0.05) is 48.5 Å². The molecule has 7 heteroatoms. The molecule has 0 spiro atoms. The summed E-state index contributed by atoms with van der Waals surface area (Å²) in [5, 5.41) is 5.50. The van der Waals surface area contributed by atoms with E-state index in [4.69, 9.17) is 0 Å². The largest absolute Gasteiger partial charge is 0.344 e. The Morgan fingerprint density at radius 2 is 1.83 bits per heavy atom. The third-order valence-electron chi connectivity index (χ3n) is 5.56. The van der Waals surface area contributed by atoms with E-state index in [9.17, 15) is 14.4 Å². The van der Waals surface area contributed by atoms with E-state index in [1.54, 1.807) is 9.80 Å². The van der Waals surface area contributed by atoms with Crippen LogP contribution in [0.15, 0.2) is 48.5 Å². The molecule has 2 aromatic carbocycles. The molecule has 2 N–H and O–H groups in total. The molecule has 0 saturated carbocycles. The Morgan fingerprint density at radius 3 is 2.52 bits per heavy atom. The zero-order valence-electron chi connectivity index (χ0n) is 16.4. The summed E-state index contributed by atoms with van der Waals surface area (Å²) in [5.41, 5.74) is 4.11. The normalized spacial score (nSPS) is 17.8. The van der Waals surface area contributed by atoms with Crippen molar-refractivity contribution in [1.82, 2.24) is 20.4 Å². The highest BCUT2D eigenvalue weighted by Crippen LogP contribution is 2.32. The predicted octanol–water partition coefficient (Wildman–Crippen LogP) is 1.93. The molecule has 0 unspecified atom stereocenters. The maximum absolute atomic E-state index is 12.6. The lowest BCUT2D eigenvalue weighted by Gasteiger charge is -2.21. The number of benzene rings is 2. The molecular formula is C22H24N4O3. The highest BCUT2D eigenvalue weighted by Gasteiger charge is 2.33. The summed E-state index contributed by atoms with van der Waals surface area (Å²) in [4.78, 5) is 40.0. The number of nitrogens with zero attached hydrogens (tertiary/aromatic N) is 2. The number of rotatable bonds is 4. The molecule has 2 heterocycles. The molecule has 1 saturated heterocycles. The summed E-state index contributed by atoms with van der Waals surface area (Å²) >= 11 is 0. The number of hydrogen-bond donors (Lipinski definition) is 2. The minimum Gasteiger partial charge on any atom is -0.344 e. The fraction of sp³-hybridized carbons (Fsp3) is 0.318. The number of hydrogen-bond acceptors (Lipinski definition) is 3. The average Bonchev–Trinajstić information content (AvgIpc) is 3.30. The molecular weight excluding hydrogens is 368 g/mol. The van der Waals surface area contributed by atoms with Gasteiger partial charge in [-0.25, -0.2) is 4.79 Å². The van der Waals surface area contributed by atoms with Crippen molar-refractivity contribution in [1.29, 1.82) is 0 Å². The quantitative estimate of drug-likeness (QED) is 0.780. The lowest BCUT2D eigenvalue weighted by Crippen LogP contribution is -2.41. The molecule has 0 bridgehead atoms. The second-order valence-corrected chi connectivity index (χ2v) is 7.46. The van der Waals surface area contributed by atoms with Crippen LogP contribution in [-0.4, -0.2) is 40.7 Å². The number of fused-ring (bicyclic) bond motifs is 1. The summed E-state index contributed by atoms with van der Waals surface area (Å²) in [6, 6.07) is 15.4. The van der Waals surface area contributed by atoms with E-state index in [-0.39, 0.29) is 18.6 Å². The minimum atomic E-state index is -0.595. The van der Waals surface area contributed by atoms with Gasteiger partial charge in [0.1, 0.15) is 0 Å². The molecule has 0 radical (unpaired) electrons. The Hall–Kier alpha value is -3.35. The monoisotopic (exact) mass is 392 g/mol. The summed E-state index contributed by atoms with van der Waals surface area (Å²) in [6.07, 6.45) is 0. The van der Waals surface area contributed by atoms with E-state index >= 15 is 0 Å². The molecule has 0 aliphatic carbocycles. The SMILES string of the molecule is C[C@@H]1c2ccccc2CN1C(=O)C(=O)NCc1ccc(CN2CCNC2=O)cc1. The first-order chi connectivity index (χ1) is 14.0. The lowest BCUT2D eigenvalue weighted by molar-refractivity contribution is -0.147. The zero-order chi connectivity index (χ0) is 20.4. The van der Waals surface area contributed by atoms with Crippen molar-refractivity contribution >= 4 is 17.8 Å². The van der Waals surface area contributed by atoms with Crippen molar-refractivity contribution in [2.24, 2.45) is 0 Å². The van der Waals surface area contributed by atoms with E-state index in [0.29, 0.717) is 26.2 Å². The fourth-order valence-electron chi connectivity index (χ4n) is 3.86. The zero-order valence-corrected chi connectivity index (χ0v) is 16.4. The number of urea groups is 1. The van der Waals surface area contributed by atoms with Gasteiger partial charge in [0, 0.05) is 32.7 Å². The lowest BCUT2D eigenvalue weighted by atomic mass is 10.1. The molecule has 1 fully saturated rings. The first-order valence-electron chi connectivity index (χ1n) is 9.80. The summed E-state index contributed by atoms with van der Waals surface area (Å²) in [5.74, 6) is -1.10. The van der Waals surface area contributed by atoms with Gasteiger partial charge in [0.15, 0.2) is 0 Å². The van der Waals surface area contributed by atoms with Crippen LogP contribution in [0.5, 0.6) is 0 Å². The van der Waals surface area contributed by atoms with Crippen molar-refractivity contribution in [2.45, 2.75) is 32.6 Å². The smallest absolute Gasteiger partial charge is 0.317 e. The van der Waals surface area contributed by atoms with E-state index in [1.165, 1.54) is 0 Å². The van der Waals surface area contributed by atoms with Crippen LogP contribution in [0.2, 0.25) is 0 Å². The average molecular weight is 392 g/mol. The van der Waals surface area contributed by atoms with Crippen LogP contribution in [0.3, 0.4) is 0 Å². The first-order valence-corrected chi connectivity index (χ1v) is 9.80. The van der Waals surface area contributed by atoms with Gasteiger partial charge in [0.25, 0.3) is 0 Å². The van der Waals surface area contributed by atoms with Gasteiger partial charge < -0.3 is 20.4 Å². The molecule has 29 heavy (non-hydrogen) atoms. The summed E-state index contributed by atoms with van der Waals surface area (Å²) < 4.78 is 0. The molecule has 7 nitrogen and oxygen atoms in total. The predicted molar refractivity (Wildman–Crippen MR) is 108 cm³/mol. The van der Waals surface area contributed by atoms with Crippen LogP contribution >= 0.6 is 0 Å². The molecule has 0 aromatic heterocycles. The second-order valence-electron chi connectivity index (χ2n) is 7.46. The van der Waals surface area contributed by atoms with Gasteiger partial charge in [0.05, 0.1) is 6.04 Å². The Kier molecular flexibility index (Phi) is 5.20. The molecule has 150 valence electrons. The van der Waals surface area contributed by atoms with Gasteiger partial charge >= 0.3 is 17.8 Å². The van der Waals surface area contributed by atoms with Gasteiger partial charge in [-0.2, -0.15) is 0 Å². The Bertz CT molecular complexity index is 941. The highest BCUT2D eigenvalue weighted by atomic mass is 16.2. The van der Waals surface area contributed by atoms with Crippen molar-refractivity contribution < 1.29 is 14.4 Å².